The Labute approximate surface area is 119 Å². The highest BCUT2D eigenvalue weighted by atomic mass is 19.1. The quantitative estimate of drug-likeness (QED) is 0.912. The smallest absolute Gasteiger partial charge is 0.220 e. The molecule has 1 aromatic carbocycles. The van der Waals surface area contributed by atoms with E-state index >= 15 is 0 Å². The van der Waals surface area contributed by atoms with Crippen molar-refractivity contribution >= 4 is 5.91 Å². The van der Waals surface area contributed by atoms with Crippen molar-refractivity contribution in [2.75, 3.05) is 19.6 Å². The number of nitrogens with zero attached hydrogens (tertiary/aromatic N) is 1. The van der Waals surface area contributed by atoms with Gasteiger partial charge in [-0.1, -0.05) is 12.1 Å². The molecule has 3 nitrogen and oxygen atoms in total. The van der Waals surface area contributed by atoms with Crippen LogP contribution in [-0.4, -0.2) is 36.5 Å². The molecule has 4 heteroatoms. The van der Waals surface area contributed by atoms with E-state index < -0.39 is 0 Å². The molecule has 108 valence electrons. The molecule has 20 heavy (non-hydrogen) atoms. The number of halogens is 1. The summed E-state index contributed by atoms with van der Waals surface area (Å²) in [5.74, 6) is 0.549. The highest BCUT2D eigenvalue weighted by Crippen LogP contribution is 2.27. The van der Waals surface area contributed by atoms with Crippen LogP contribution in [0.5, 0.6) is 0 Å². The molecule has 0 spiro atoms. The Kier molecular flexibility index (Phi) is 4.01. The molecule has 3 saturated heterocycles. The van der Waals surface area contributed by atoms with E-state index in [1.807, 2.05) is 0 Å². The van der Waals surface area contributed by atoms with E-state index in [1.165, 1.54) is 38.1 Å². The number of hydrogen-bond donors (Lipinski definition) is 1. The van der Waals surface area contributed by atoms with Gasteiger partial charge in [-0.15, -0.1) is 0 Å². The van der Waals surface area contributed by atoms with Gasteiger partial charge in [-0.2, -0.15) is 0 Å². The number of rotatable bonds is 4. The van der Waals surface area contributed by atoms with Crippen LogP contribution in [0.15, 0.2) is 24.3 Å². The Balaban J connectivity index is 1.46. The third-order valence-electron chi connectivity index (χ3n) is 4.56. The van der Waals surface area contributed by atoms with Crippen LogP contribution >= 0.6 is 0 Å². The molecule has 4 rings (SSSR count). The zero-order valence-corrected chi connectivity index (χ0v) is 11.6. The predicted molar refractivity (Wildman–Crippen MR) is 75.8 cm³/mol. The molecule has 0 radical (unpaired) electrons. The van der Waals surface area contributed by atoms with Gasteiger partial charge in [-0.3, -0.25) is 4.79 Å². The van der Waals surface area contributed by atoms with Crippen LogP contribution in [0.3, 0.4) is 0 Å². The van der Waals surface area contributed by atoms with Gasteiger partial charge in [0, 0.05) is 19.0 Å². The van der Waals surface area contributed by atoms with E-state index in [2.05, 4.69) is 10.2 Å². The average Bonchev–Trinajstić information content (AvgIpc) is 2.48. The molecule has 3 aliphatic heterocycles. The van der Waals surface area contributed by atoms with Gasteiger partial charge in [0.2, 0.25) is 5.91 Å². The lowest BCUT2D eigenvalue weighted by Gasteiger charge is -2.44. The van der Waals surface area contributed by atoms with Crippen molar-refractivity contribution in [2.45, 2.75) is 31.7 Å². The molecular formula is C16H21FN2O. The van der Waals surface area contributed by atoms with E-state index in [9.17, 15) is 9.18 Å². The first-order valence-electron chi connectivity index (χ1n) is 7.47. The SMILES string of the molecule is O=C(CCc1ccc(F)cc1)NC1CN2CCC1CC2. The summed E-state index contributed by atoms with van der Waals surface area (Å²) in [7, 11) is 0. The number of hydrogen-bond acceptors (Lipinski definition) is 2. The van der Waals surface area contributed by atoms with E-state index in [-0.39, 0.29) is 11.7 Å². The fraction of sp³-hybridized carbons (Fsp3) is 0.562. The molecule has 1 unspecified atom stereocenters. The van der Waals surface area contributed by atoms with Crippen molar-refractivity contribution in [3.05, 3.63) is 35.6 Å². The number of aryl methyl sites for hydroxylation is 1. The van der Waals surface area contributed by atoms with Gasteiger partial charge < -0.3 is 10.2 Å². The third-order valence-corrected chi connectivity index (χ3v) is 4.56. The maximum Gasteiger partial charge on any atom is 0.220 e. The van der Waals surface area contributed by atoms with Crippen molar-refractivity contribution in [2.24, 2.45) is 5.92 Å². The molecule has 0 aliphatic carbocycles. The lowest BCUT2D eigenvalue weighted by Crippen LogP contribution is -2.57. The predicted octanol–water partition coefficient (Wildman–Crippen LogP) is 1.97. The standard InChI is InChI=1S/C16H21FN2O/c17-14-4-1-12(2-5-14)3-6-16(20)18-15-11-19-9-7-13(15)8-10-19/h1-2,4-5,13,15H,3,6-11H2,(H,18,20). The molecule has 0 aromatic heterocycles. The lowest BCUT2D eigenvalue weighted by atomic mass is 9.84. The first-order valence-corrected chi connectivity index (χ1v) is 7.47. The Morgan fingerprint density at radius 3 is 2.55 bits per heavy atom. The van der Waals surface area contributed by atoms with Gasteiger partial charge >= 0.3 is 0 Å². The number of benzene rings is 1. The number of nitrogens with one attached hydrogen (secondary N) is 1. The van der Waals surface area contributed by atoms with Crippen LogP contribution in [0.4, 0.5) is 4.39 Å². The minimum atomic E-state index is -0.231. The number of fused-ring (bicyclic) bond motifs is 3. The molecule has 1 atom stereocenters. The molecule has 1 N–H and O–H groups in total. The maximum atomic E-state index is 12.8. The second kappa shape index (κ2) is 5.92. The summed E-state index contributed by atoms with van der Waals surface area (Å²) in [5, 5.41) is 3.18. The van der Waals surface area contributed by atoms with E-state index in [0.29, 0.717) is 24.8 Å². The van der Waals surface area contributed by atoms with Crippen LogP contribution in [-0.2, 0) is 11.2 Å². The number of amides is 1. The molecule has 3 fully saturated rings. The summed E-state index contributed by atoms with van der Waals surface area (Å²) < 4.78 is 12.8. The van der Waals surface area contributed by atoms with Gasteiger partial charge in [-0.25, -0.2) is 4.39 Å². The molecule has 3 aliphatic rings. The zero-order valence-electron chi connectivity index (χ0n) is 11.6. The molecular weight excluding hydrogens is 255 g/mol. The summed E-state index contributed by atoms with van der Waals surface area (Å²) >= 11 is 0. The second-order valence-corrected chi connectivity index (χ2v) is 5.94. The summed E-state index contributed by atoms with van der Waals surface area (Å²) in [6.07, 6.45) is 3.58. The van der Waals surface area contributed by atoms with Crippen LogP contribution in [0.25, 0.3) is 0 Å². The highest BCUT2D eigenvalue weighted by molar-refractivity contribution is 5.76. The number of carbonyl (C=O) groups excluding carboxylic acids is 1. The number of carbonyl (C=O) groups is 1. The van der Waals surface area contributed by atoms with Crippen molar-refractivity contribution in [3.8, 4) is 0 Å². The largest absolute Gasteiger partial charge is 0.352 e. The monoisotopic (exact) mass is 276 g/mol. The summed E-state index contributed by atoms with van der Waals surface area (Å²) in [6, 6.07) is 6.72. The molecule has 1 amide bonds. The number of piperidine rings is 3. The summed E-state index contributed by atoms with van der Waals surface area (Å²) in [4.78, 5) is 14.5. The second-order valence-electron chi connectivity index (χ2n) is 5.94. The van der Waals surface area contributed by atoms with Gasteiger partial charge in [0.05, 0.1) is 0 Å². The zero-order chi connectivity index (χ0) is 13.9. The van der Waals surface area contributed by atoms with Crippen LogP contribution < -0.4 is 5.32 Å². The minimum absolute atomic E-state index is 0.119. The van der Waals surface area contributed by atoms with Crippen LogP contribution in [0.1, 0.15) is 24.8 Å². The summed E-state index contributed by atoms with van der Waals surface area (Å²) in [5.41, 5.74) is 1.01. The molecule has 2 bridgehead atoms. The van der Waals surface area contributed by atoms with Crippen molar-refractivity contribution in [1.82, 2.24) is 10.2 Å². The van der Waals surface area contributed by atoms with Crippen LogP contribution in [0.2, 0.25) is 0 Å². The fourth-order valence-electron chi connectivity index (χ4n) is 3.32. The van der Waals surface area contributed by atoms with Gasteiger partial charge in [-0.05, 0) is 56.0 Å². The van der Waals surface area contributed by atoms with Crippen molar-refractivity contribution in [3.63, 3.8) is 0 Å². The Hall–Kier alpha value is -1.42. The maximum absolute atomic E-state index is 12.8. The molecule has 1 aromatic rings. The highest BCUT2D eigenvalue weighted by Gasteiger charge is 2.34. The third kappa shape index (κ3) is 3.18. The Morgan fingerprint density at radius 2 is 1.95 bits per heavy atom. The Morgan fingerprint density at radius 1 is 1.25 bits per heavy atom. The topological polar surface area (TPSA) is 32.3 Å². The average molecular weight is 276 g/mol. The molecule has 3 heterocycles. The molecule has 0 saturated carbocycles. The van der Waals surface area contributed by atoms with Gasteiger partial charge in [0.1, 0.15) is 5.82 Å². The first kappa shape index (κ1) is 13.6. The fourth-order valence-corrected chi connectivity index (χ4v) is 3.32. The minimum Gasteiger partial charge on any atom is -0.352 e. The first-order chi connectivity index (χ1) is 9.70. The van der Waals surface area contributed by atoms with Crippen molar-refractivity contribution in [1.29, 1.82) is 0 Å². The normalized spacial score (nSPS) is 28.4. The lowest BCUT2D eigenvalue weighted by molar-refractivity contribution is -0.123. The van der Waals surface area contributed by atoms with E-state index in [1.54, 1.807) is 12.1 Å². The van der Waals surface area contributed by atoms with E-state index in [0.717, 1.165) is 12.1 Å². The van der Waals surface area contributed by atoms with Crippen molar-refractivity contribution < 1.29 is 9.18 Å². The van der Waals surface area contributed by atoms with E-state index in [4.69, 9.17) is 0 Å². The van der Waals surface area contributed by atoms with Crippen LogP contribution in [0, 0.1) is 11.7 Å². The van der Waals surface area contributed by atoms with Gasteiger partial charge in [0.15, 0.2) is 0 Å². The Bertz CT molecular complexity index is 466. The van der Waals surface area contributed by atoms with Gasteiger partial charge in [0.25, 0.3) is 0 Å². The summed E-state index contributed by atoms with van der Waals surface area (Å²) in [6.45, 7) is 3.38.